The molecule has 3 unspecified atom stereocenters. The molecule has 2 rings (SSSR count). The Labute approximate surface area is 162 Å². The first-order valence-electron chi connectivity index (χ1n) is 9.76. The van der Waals surface area contributed by atoms with E-state index in [1.807, 2.05) is 20.9 Å². The van der Waals surface area contributed by atoms with E-state index in [2.05, 4.69) is 10.2 Å². The zero-order chi connectivity index (χ0) is 20.3. The van der Waals surface area contributed by atoms with Crippen LogP contribution in [0.3, 0.4) is 0 Å². The fourth-order valence-electron chi connectivity index (χ4n) is 3.95. The van der Waals surface area contributed by atoms with E-state index in [0.717, 1.165) is 13.0 Å². The Morgan fingerprint density at radius 2 is 2.00 bits per heavy atom. The van der Waals surface area contributed by atoms with E-state index >= 15 is 0 Å². The largest absolute Gasteiger partial charge is 0.463 e. The lowest BCUT2D eigenvalue weighted by Gasteiger charge is -2.30. The van der Waals surface area contributed by atoms with Crippen molar-refractivity contribution in [2.45, 2.75) is 46.2 Å². The minimum absolute atomic E-state index is 0.0351. The highest BCUT2D eigenvalue weighted by atomic mass is 16.5. The van der Waals surface area contributed by atoms with Gasteiger partial charge < -0.3 is 15.0 Å². The quantitative estimate of drug-likeness (QED) is 0.504. The van der Waals surface area contributed by atoms with Crippen molar-refractivity contribution in [3.8, 4) is 0 Å². The highest BCUT2D eigenvalue weighted by molar-refractivity contribution is 5.89. The van der Waals surface area contributed by atoms with Gasteiger partial charge in [-0.1, -0.05) is 19.9 Å². The zero-order valence-corrected chi connectivity index (χ0v) is 17.3. The van der Waals surface area contributed by atoms with Gasteiger partial charge in [0.2, 0.25) is 11.8 Å². The van der Waals surface area contributed by atoms with Crippen molar-refractivity contribution in [3.05, 3.63) is 11.6 Å². The molecule has 0 spiro atoms. The molecule has 1 saturated carbocycles. The minimum Gasteiger partial charge on any atom is -0.463 e. The SMILES string of the molecule is CCOC(=O)/C(C)=C/[C@H](C(C)C)N(C)C(=O)CNC(=O)C1C2CC2CN1C. The van der Waals surface area contributed by atoms with Crippen molar-refractivity contribution in [2.75, 3.05) is 33.8 Å². The number of rotatable bonds is 8. The first-order chi connectivity index (χ1) is 12.7. The molecule has 4 atom stereocenters. The summed E-state index contributed by atoms with van der Waals surface area (Å²) in [5.41, 5.74) is 0.478. The number of piperidine rings is 1. The summed E-state index contributed by atoms with van der Waals surface area (Å²) in [5, 5.41) is 2.80. The van der Waals surface area contributed by atoms with Crippen LogP contribution in [0.5, 0.6) is 0 Å². The Morgan fingerprint density at radius 3 is 2.52 bits per heavy atom. The Balaban J connectivity index is 1.93. The van der Waals surface area contributed by atoms with Crippen LogP contribution in [0.2, 0.25) is 0 Å². The molecule has 0 aromatic heterocycles. The highest BCUT2D eigenvalue weighted by Crippen LogP contribution is 2.48. The van der Waals surface area contributed by atoms with E-state index in [1.54, 1.807) is 31.9 Å². The molecule has 2 aliphatic rings. The van der Waals surface area contributed by atoms with Crippen LogP contribution in [0, 0.1) is 17.8 Å². The molecule has 27 heavy (non-hydrogen) atoms. The molecule has 1 aliphatic heterocycles. The lowest BCUT2D eigenvalue weighted by Crippen LogP contribution is -2.49. The Hall–Kier alpha value is -1.89. The van der Waals surface area contributed by atoms with Gasteiger partial charge in [-0.15, -0.1) is 0 Å². The van der Waals surface area contributed by atoms with Crippen molar-refractivity contribution < 1.29 is 19.1 Å². The number of likely N-dealkylation sites (tertiary alicyclic amines) is 1. The van der Waals surface area contributed by atoms with Crippen LogP contribution < -0.4 is 5.32 Å². The summed E-state index contributed by atoms with van der Waals surface area (Å²) in [6, 6.07) is -0.360. The van der Waals surface area contributed by atoms with E-state index in [0.29, 0.717) is 24.0 Å². The summed E-state index contributed by atoms with van der Waals surface area (Å²) >= 11 is 0. The van der Waals surface area contributed by atoms with Crippen molar-refractivity contribution in [3.63, 3.8) is 0 Å². The van der Waals surface area contributed by atoms with E-state index in [4.69, 9.17) is 4.74 Å². The maximum absolute atomic E-state index is 12.6. The predicted molar refractivity (Wildman–Crippen MR) is 103 cm³/mol. The van der Waals surface area contributed by atoms with Gasteiger partial charge in [-0.05, 0) is 45.1 Å². The average Bonchev–Trinajstić information content (AvgIpc) is 3.27. The van der Waals surface area contributed by atoms with E-state index < -0.39 is 0 Å². The van der Waals surface area contributed by atoms with Gasteiger partial charge in [-0.25, -0.2) is 4.79 Å². The number of ether oxygens (including phenoxy) is 1. The topological polar surface area (TPSA) is 79.0 Å². The maximum Gasteiger partial charge on any atom is 0.333 e. The molecule has 1 saturated heterocycles. The fourth-order valence-corrected chi connectivity index (χ4v) is 3.95. The normalized spacial score (nSPS) is 25.7. The van der Waals surface area contributed by atoms with Gasteiger partial charge in [-0.3, -0.25) is 14.5 Å². The van der Waals surface area contributed by atoms with Crippen LogP contribution >= 0.6 is 0 Å². The summed E-state index contributed by atoms with van der Waals surface area (Å²) < 4.78 is 5.01. The highest BCUT2D eigenvalue weighted by Gasteiger charge is 2.53. The standard InChI is InChI=1S/C20H33N3O4/c1-7-27-20(26)13(4)8-16(12(2)3)23(6)17(24)10-21-19(25)18-15-9-14(15)11-22(18)5/h8,12,14-16,18H,7,9-11H2,1-6H3,(H,21,25)/b13-8+/t14?,15?,16-,18?/m1/s1. The van der Waals surface area contributed by atoms with E-state index in [9.17, 15) is 14.4 Å². The first kappa shape index (κ1) is 21.4. The third-order valence-electron chi connectivity index (χ3n) is 5.60. The number of fused-ring (bicyclic) bond motifs is 1. The van der Waals surface area contributed by atoms with Crippen LogP contribution in [-0.4, -0.2) is 73.5 Å². The summed E-state index contributed by atoms with van der Waals surface area (Å²) in [4.78, 5) is 40.6. The predicted octanol–water partition coefficient (Wildman–Crippen LogP) is 1.05. The van der Waals surface area contributed by atoms with Crippen LogP contribution in [0.4, 0.5) is 0 Å². The fraction of sp³-hybridized carbons (Fsp3) is 0.750. The molecule has 7 heteroatoms. The van der Waals surface area contributed by atoms with E-state index in [-0.39, 0.29) is 42.3 Å². The molecule has 152 valence electrons. The molecule has 2 fully saturated rings. The third kappa shape index (κ3) is 5.09. The van der Waals surface area contributed by atoms with Gasteiger partial charge in [0.1, 0.15) is 0 Å². The summed E-state index contributed by atoms with van der Waals surface area (Å²) in [7, 11) is 3.66. The monoisotopic (exact) mass is 379 g/mol. The average molecular weight is 380 g/mol. The van der Waals surface area contributed by atoms with Gasteiger partial charge in [0, 0.05) is 19.2 Å². The van der Waals surface area contributed by atoms with Gasteiger partial charge >= 0.3 is 5.97 Å². The van der Waals surface area contributed by atoms with Crippen LogP contribution in [0.1, 0.15) is 34.1 Å². The number of carbonyl (C=O) groups excluding carboxylic acids is 3. The lowest BCUT2D eigenvalue weighted by molar-refractivity contribution is -0.138. The van der Waals surface area contributed by atoms with E-state index in [1.165, 1.54) is 0 Å². The molecule has 0 aromatic carbocycles. The molecule has 2 amide bonds. The van der Waals surface area contributed by atoms with Gasteiger partial charge in [-0.2, -0.15) is 0 Å². The Morgan fingerprint density at radius 1 is 1.33 bits per heavy atom. The number of likely N-dealkylation sites (N-methyl/N-ethyl adjacent to an activating group) is 2. The van der Waals surface area contributed by atoms with Crippen molar-refractivity contribution >= 4 is 17.8 Å². The molecule has 1 heterocycles. The Kier molecular flexibility index (Phi) is 7.03. The molecular weight excluding hydrogens is 346 g/mol. The van der Waals surface area contributed by atoms with Crippen LogP contribution in [0.15, 0.2) is 11.6 Å². The number of nitrogens with zero attached hydrogens (tertiary/aromatic N) is 2. The second kappa shape index (κ2) is 8.87. The van der Waals surface area contributed by atoms with Gasteiger partial charge in [0.15, 0.2) is 0 Å². The second-order valence-corrected chi connectivity index (χ2v) is 8.07. The Bertz CT molecular complexity index is 614. The van der Waals surface area contributed by atoms with Gasteiger partial charge in [0.25, 0.3) is 0 Å². The van der Waals surface area contributed by atoms with Crippen LogP contribution in [0.25, 0.3) is 0 Å². The first-order valence-corrected chi connectivity index (χ1v) is 9.76. The molecule has 0 radical (unpaired) electrons. The second-order valence-electron chi connectivity index (χ2n) is 8.07. The van der Waals surface area contributed by atoms with Crippen molar-refractivity contribution in [2.24, 2.45) is 17.8 Å². The number of hydrogen-bond donors (Lipinski definition) is 1. The molecule has 1 N–H and O–H groups in total. The molecule has 0 bridgehead atoms. The number of nitrogens with one attached hydrogen (secondary N) is 1. The lowest BCUT2D eigenvalue weighted by atomic mass is 10.00. The minimum atomic E-state index is -0.374. The molecular formula is C20H33N3O4. The maximum atomic E-state index is 12.6. The molecule has 1 aliphatic carbocycles. The zero-order valence-electron chi connectivity index (χ0n) is 17.3. The number of esters is 1. The number of carbonyl (C=O) groups is 3. The van der Waals surface area contributed by atoms with Crippen molar-refractivity contribution in [1.82, 2.24) is 15.1 Å². The number of hydrogen-bond acceptors (Lipinski definition) is 5. The third-order valence-corrected chi connectivity index (χ3v) is 5.60. The van der Waals surface area contributed by atoms with Crippen molar-refractivity contribution in [1.29, 1.82) is 0 Å². The number of amides is 2. The molecule has 7 nitrogen and oxygen atoms in total. The summed E-state index contributed by atoms with van der Waals surface area (Å²) in [6.07, 6.45) is 2.88. The van der Waals surface area contributed by atoms with Crippen LogP contribution in [-0.2, 0) is 19.1 Å². The van der Waals surface area contributed by atoms with Gasteiger partial charge in [0.05, 0.1) is 25.2 Å². The summed E-state index contributed by atoms with van der Waals surface area (Å²) in [6.45, 7) is 8.67. The molecule has 0 aromatic rings. The smallest absolute Gasteiger partial charge is 0.333 e. The summed E-state index contributed by atoms with van der Waals surface area (Å²) in [5.74, 6) is 0.589.